The fourth-order valence-electron chi connectivity index (χ4n) is 1.32. The van der Waals surface area contributed by atoms with E-state index < -0.39 is 11.9 Å². The first-order chi connectivity index (χ1) is 7.95. The Morgan fingerprint density at radius 1 is 1.47 bits per heavy atom. The predicted octanol–water partition coefficient (Wildman–Crippen LogP) is 2.75. The molecule has 92 valence electrons. The van der Waals surface area contributed by atoms with E-state index in [0.29, 0.717) is 15.8 Å². The van der Waals surface area contributed by atoms with Crippen molar-refractivity contribution in [2.24, 2.45) is 5.92 Å². The molecule has 0 spiro atoms. The van der Waals surface area contributed by atoms with Gasteiger partial charge in [-0.05, 0) is 18.2 Å². The Bertz CT molecular complexity index is 442. The molecule has 5 heteroatoms. The van der Waals surface area contributed by atoms with Crippen molar-refractivity contribution < 1.29 is 19.4 Å². The number of carboxylic acids is 1. The molecule has 0 aromatic heterocycles. The zero-order valence-corrected chi connectivity index (χ0v) is 11.2. The Hall–Kier alpha value is -1.36. The summed E-state index contributed by atoms with van der Waals surface area (Å²) in [5.41, 5.74) is 0.442. The second-order valence-electron chi connectivity index (χ2n) is 3.71. The Morgan fingerprint density at radius 3 is 2.65 bits per heavy atom. The lowest BCUT2D eigenvalue weighted by atomic mass is 10.00. The van der Waals surface area contributed by atoms with Gasteiger partial charge in [0.2, 0.25) is 0 Å². The normalized spacial score (nSPS) is 11.9. The topological polar surface area (TPSA) is 63.6 Å². The molecule has 0 aliphatic heterocycles. The SMILES string of the molecule is COc1ccc(Br)c(C(=O)CC(C)C(=O)O)c1. The van der Waals surface area contributed by atoms with Gasteiger partial charge in [0.15, 0.2) is 5.78 Å². The summed E-state index contributed by atoms with van der Waals surface area (Å²) in [4.78, 5) is 22.6. The molecule has 0 fully saturated rings. The van der Waals surface area contributed by atoms with Gasteiger partial charge in [-0.2, -0.15) is 0 Å². The maximum absolute atomic E-state index is 11.9. The lowest BCUT2D eigenvalue weighted by Crippen LogP contribution is -2.15. The quantitative estimate of drug-likeness (QED) is 0.849. The van der Waals surface area contributed by atoms with Gasteiger partial charge in [-0.3, -0.25) is 9.59 Å². The van der Waals surface area contributed by atoms with E-state index in [-0.39, 0.29) is 12.2 Å². The van der Waals surface area contributed by atoms with Crippen LogP contribution in [0.5, 0.6) is 5.75 Å². The van der Waals surface area contributed by atoms with Crippen molar-refractivity contribution in [3.63, 3.8) is 0 Å². The van der Waals surface area contributed by atoms with Crippen molar-refractivity contribution >= 4 is 27.7 Å². The monoisotopic (exact) mass is 300 g/mol. The first kappa shape index (κ1) is 13.7. The molecule has 0 aliphatic carbocycles. The van der Waals surface area contributed by atoms with E-state index in [1.807, 2.05) is 0 Å². The summed E-state index contributed by atoms with van der Waals surface area (Å²) >= 11 is 3.26. The zero-order chi connectivity index (χ0) is 13.0. The summed E-state index contributed by atoms with van der Waals surface area (Å²) in [6, 6.07) is 5.03. The molecular formula is C12H13BrO4. The highest BCUT2D eigenvalue weighted by atomic mass is 79.9. The number of methoxy groups -OCH3 is 1. The maximum atomic E-state index is 11.9. The third-order valence-corrected chi connectivity index (χ3v) is 3.08. The minimum atomic E-state index is -0.975. The number of rotatable bonds is 5. The number of hydrogen-bond acceptors (Lipinski definition) is 3. The van der Waals surface area contributed by atoms with Gasteiger partial charge in [-0.15, -0.1) is 0 Å². The smallest absolute Gasteiger partial charge is 0.306 e. The molecule has 0 amide bonds. The van der Waals surface area contributed by atoms with Crippen LogP contribution >= 0.6 is 15.9 Å². The number of ether oxygens (including phenoxy) is 1. The Morgan fingerprint density at radius 2 is 2.12 bits per heavy atom. The molecule has 0 radical (unpaired) electrons. The van der Waals surface area contributed by atoms with Crippen molar-refractivity contribution in [1.82, 2.24) is 0 Å². The molecule has 0 heterocycles. The number of aliphatic carboxylic acids is 1. The van der Waals surface area contributed by atoms with E-state index in [2.05, 4.69) is 15.9 Å². The second-order valence-corrected chi connectivity index (χ2v) is 4.57. The molecule has 4 nitrogen and oxygen atoms in total. The molecule has 0 bridgehead atoms. The van der Waals surface area contributed by atoms with Crippen molar-refractivity contribution in [3.8, 4) is 5.75 Å². The van der Waals surface area contributed by atoms with Gasteiger partial charge in [0.05, 0.1) is 13.0 Å². The molecule has 0 saturated heterocycles. The highest BCUT2D eigenvalue weighted by molar-refractivity contribution is 9.10. The van der Waals surface area contributed by atoms with Crippen LogP contribution in [0.2, 0.25) is 0 Å². The first-order valence-electron chi connectivity index (χ1n) is 5.05. The summed E-state index contributed by atoms with van der Waals surface area (Å²) in [5, 5.41) is 8.76. The minimum Gasteiger partial charge on any atom is -0.497 e. The number of carbonyl (C=O) groups is 2. The molecule has 1 N–H and O–H groups in total. The molecule has 1 atom stereocenters. The summed E-state index contributed by atoms with van der Waals surface area (Å²) in [5.74, 6) is -1.32. The minimum absolute atomic E-state index is 0.0267. The number of Topliss-reactive ketones (excluding diaryl/α,β-unsaturated/α-hetero) is 1. The number of halogens is 1. The van der Waals surface area contributed by atoms with Gasteiger partial charge < -0.3 is 9.84 Å². The van der Waals surface area contributed by atoms with Crippen LogP contribution in [0.4, 0.5) is 0 Å². The number of ketones is 1. The molecule has 17 heavy (non-hydrogen) atoms. The Labute approximate surface area is 108 Å². The van der Waals surface area contributed by atoms with Gasteiger partial charge in [-0.25, -0.2) is 0 Å². The predicted molar refractivity (Wildman–Crippen MR) is 66.4 cm³/mol. The fourth-order valence-corrected chi connectivity index (χ4v) is 1.79. The van der Waals surface area contributed by atoms with Crippen LogP contribution in [0.15, 0.2) is 22.7 Å². The first-order valence-corrected chi connectivity index (χ1v) is 5.84. The van der Waals surface area contributed by atoms with Crippen molar-refractivity contribution in [2.75, 3.05) is 7.11 Å². The summed E-state index contributed by atoms with van der Waals surface area (Å²) < 4.78 is 5.66. The molecule has 0 saturated carbocycles. The Kier molecular flexibility index (Phi) is 4.69. The van der Waals surface area contributed by atoms with Crippen molar-refractivity contribution in [2.45, 2.75) is 13.3 Å². The van der Waals surface area contributed by atoms with Crippen LogP contribution in [0.25, 0.3) is 0 Å². The van der Waals surface area contributed by atoms with Gasteiger partial charge in [0.25, 0.3) is 0 Å². The maximum Gasteiger partial charge on any atom is 0.306 e. The van der Waals surface area contributed by atoms with Crippen LogP contribution in [-0.2, 0) is 4.79 Å². The third kappa shape index (κ3) is 3.56. The van der Waals surface area contributed by atoms with Gasteiger partial charge in [0, 0.05) is 16.5 Å². The molecule has 0 aliphatic rings. The second kappa shape index (κ2) is 5.82. The number of benzene rings is 1. The number of carbonyl (C=O) groups excluding carboxylic acids is 1. The summed E-state index contributed by atoms with van der Waals surface area (Å²) in [6.45, 7) is 1.51. The van der Waals surface area contributed by atoms with Crippen LogP contribution < -0.4 is 4.74 Å². The van der Waals surface area contributed by atoms with Gasteiger partial charge >= 0.3 is 5.97 Å². The fraction of sp³-hybridized carbons (Fsp3) is 0.333. The molecule has 1 aromatic rings. The van der Waals surface area contributed by atoms with E-state index >= 15 is 0 Å². The highest BCUT2D eigenvalue weighted by Crippen LogP contribution is 2.24. The zero-order valence-electron chi connectivity index (χ0n) is 9.57. The van der Waals surface area contributed by atoms with E-state index in [0.717, 1.165) is 0 Å². The Balaban J connectivity index is 2.91. The number of carboxylic acid groups (broad SMARTS) is 1. The number of hydrogen-bond donors (Lipinski definition) is 1. The van der Waals surface area contributed by atoms with E-state index in [9.17, 15) is 9.59 Å². The summed E-state index contributed by atoms with van der Waals surface area (Å²) in [7, 11) is 1.51. The van der Waals surface area contributed by atoms with E-state index in [4.69, 9.17) is 9.84 Å². The van der Waals surface area contributed by atoms with Gasteiger partial charge in [0.1, 0.15) is 5.75 Å². The summed E-state index contributed by atoms with van der Waals surface area (Å²) in [6.07, 6.45) is -0.0267. The molecule has 1 aromatic carbocycles. The third-order valence-electron chi connectivity index (χ3n) is 2.39. The highest BCUT2D eigenvalue weighted by Gasteiger charge is 2.19. The lowest BCUT2D eigenvalue weighted by molar-refractivity contribution is -0.141. The van der Waals surface area contributed by atoms with Crippen LogP contribution in [0, 0.1) is 5.92 Å². The van der Waals surface area contributed by atoms with Crippen LogP contribution in [0.1, 0.15) is 23.7 Å². The van der Waals surface area contributed by atoms with E-state index in [1.54, 1.807) is 18.2 Å². The molecule has 1 unspecified atom stereocenters. The largest absolute Gasteiger partial charge is 0.497 e. The van der Waals surface area contributed by atoms with Crippen LogP contribution in [0.3, 0.4) is 0 Å². The standard InChI is InChI=1S/C12H13BrO4/c1-7(12(15)16)5-11(14)9-6-8(17-2)3-4-10(9)13/h3-4,6-7H,5H2,1-2H3,(H,15,16). The van der Waals surface area contributed by atoms with Crippen molar-refractivity contribution in [1.29, 1.82) is 0 Å². The lowest BCUT2D eigenvalue weighted by Gasteiger charge is -2.08. The molecular weight excluding hydrogens is 288 g/mol. The van der Waals surface area contributed by atoms with Gasteiger partial charge in [-0.1, -0.05) is 22.9 Å². The average molecular weight is 301 g/mol. The van der Waals surface area contributed by atoms with Crippen LogP contribution in [-0.4, -0.2) is 24.0 Å². The average Bonchev–Trinajstić information content (AvgIpc) is 2.29. The van der Waals surface area contributed by atoms with Crippen molar-refractivity contribution in [3.05, 3.63) is 28.2 Å². The molecule has 1 rings (SSSR count). The van der Waals surface area contributed by atoms with E-state index in [1.165, 1.54) is 14.0 Å².